The Labute approximate surface area is 91.1 Å². The molecule has 0 aromatic heterocycles. The lowest BCUT2D eigenvalue weighted by Gasteiger charge is -2.10. The molecule has 0 fully saturated rings. The smallest absolute Gasteiger partial charge is 0.464 e. The SMILES string of the molecule is CCC(C)C(=O)OCCNC(=O)C(F)(F)F. The van der Waals surface area contributed by atoms with E-state index in [1.807, 2.05) is 0 Å². The number of nitrogens with one attached hydrogen (secondary N) is 1. The van der Waals surface area contributed by atoms with Gasteiger partial charge in [-0.15, -0.1) is 0 Å². The molecular weight excluding hydrogens is 227 g/mol. The molecule has 4 nitrogen and oxygen atoms in total. The van der Waals surface area contributed by atoms with Gasteiger partial charge in [0.1, 0.15) is 6.61 Å². The maximum absolute atomic E-state index is 11.7. The highest BCUT2D eigenvalue weighted by Gasteiger charge is 2.38. The van der Waals surface area contributed by atoms with E-state index in [4.69, 9.17) is 0 Å². The Bertz CT molecular complexity index is 253. The molecule has 0 aromatic rings. The number of hydrogen-bond donors (Lipinski definition) is 1. The Morgan fingerprint density at radius 2 is 1.94 bits per heavy atom. The maximum atomic E-state index is 11.7. The second kappa shape index (κ2) is 6.34. The first-order chi connectivity index (χ1) is 7.29. The number of hydrogen-bond acceptors (Lipinski definition) is 3. The van der Waals surface area contributed by atoms with Gasteiger partial charge in [0.05, 0.1) is 12.5 Å². The molecule has 0 aliphatic heterocycles. The molecule has 94 valence electrons. The van der Waals surface area contributed by atoms with Gasteiger partial charge >= 0.3 is 18.1 Å². The minimum Gasteiger partial charge on any atom is -0.464 e. The number of ether oxygens (including phenoxy) is 1. The van der Waals surface area contributed by atoms with Gasteiger partial charge in [-0.1, -0.05) is 13.8 Å². The van der Waals surface area contributed by atoms with Crippen LogP contribution in [0.4, 0.5) is 13.2 Å². The molecule has 0 spiro atoms. The first kappa shape index (κ1) is 14.7. The molecule has 1 atom stereocenters. The van der Waals surface area contributed by atoms with E-state index in [9.17, 15) is 22.8 Å². The second-order valence-electron chi connectivity index (χ2n) is 3.23. The minimum atomic E-state index is -4.90. The summed E-state index contributed by atoms with van der Waals surface area (Å²) >= 11 is 0. The summed E-state index contributed by atoms with van der Waals surface area (Å²) in [6, 6.07) is 0. The highest BCUT2D eigenvalue weighted by molar-refractivity contribution is 5.81. The van der Waals surface area contributed by atoms with Crippen molar-refractivity contribution < 1.29 is 27.5 Å². The van der Waals surface area contributed by atoms with Crippen molar-refractivity contribution in [3.63, 3.8) is 0 Å². The highest BCUT2D eigenvalue weighted by Crippen LogP contribution is 2.13. The van der Waals surface area contributed by atoms with Gasteiger partial charge in [-0.3, -0.25) is 9.59 Å². The van der Waals surface area contributed by atoms with Crippen LogP contribution in [0.2, 0.25) is 0 Å². The van der Waals surface area contributed by atoms with Crippen molar-refractivity contribution in [2.24, 2.45) is 5.92 Å². The lowest BCUT2D eigenvalue weighted by atomic mass is 10.1. The van der Waals surface area contributed by atoms with Gasteiger partial charge in [-0.05, 0) is 6.42 Å². The van der Waals surface area contributed by atoms with Crippen molar-refractivity contribution >= 4 is 11.9 Å². The topological polar surface area (TPSA) is 55.4 Å². The largest absolute Gasteiger partial charge is 0.471 e. The van der Waals surface area contributed by atoms with Crippen molar-refractivity contribution in [1.29, 1.82) is 0 Å². The van der Waals surface area contributed by atoms with Crippen molar-refractivity contribution in [2.75, 3.05) is 13.2 Å². The molecule has 0 bridgehead atoms. The predicted octanol–water partition coefficient (Wildman–Crippen LogP) is 1.25. The molecule has 1 unspecified atom stereocenters. The van der Waals surface area contributed by atoms with Crippen molar-refractivity contribution in [1.82, 2.24) is 5.32 Å². The van der Waals surface area contributed by atoms with Gasteiger partial charge in [-0.2, -0.15) is 13.2 Å². The molecule has 7 heteroatoms. The summed E-state index contributed by atoms with van der Waals surface area (Å²) < 4.78 is 39.7. The Balaban J connectivity index is 3.70. The minimum absolute atomic E-state index is 0.259. The van der Waals surface area contributed by atoms with E-state index in [0.717, 1.165) is 0 Å². The van der Waals surface area contributed by atoms with Crippen LogP contribution >= 0.6 is 0 Å². The summed E-state index contributed by atoms with van der Waals surface area (Å²) in [4.78, 5) is 21.4. The molecule has 0 saturated carbocycles. The fourth-order valence-electron chi connectivity index (χ4n) is 0.725. The first-order valence-corrected chi connectivity index (χ1v) is 4.80. The number of alkyl halides is 3. The van der Waals surface area contributed by atoms with Crippen LogP contribution in [0.15, 0.2) is 0 Å². The molecule has 1 N–H and O–H groups in total. The third kappa shape index (κ3) is 5.57. The van der Waals surface area contributed by atoms with E-state index in [0.29, 0.717) is 6.42 Å². The van der Waals surface area contributed by atoms with Crippen molar-refractivity contribution in [3.8, 4) is 0 Å². The molecule has 0 heterocycles. The monoisotopic (exact) mass is 241 g/mol. The van der Waals surface area contributed by atoms with E-state index >= 15 is 0 Å². The zero-order valence-electron chi connectivity index (χ0n) is 9.06. The van der Waals surface area contributed by atoms with Crippen molar-refractivity contribution in [3.05, 3.63) is 0 Å². The highest BCUT2D eigenvalue weighted by atomic mass is 19.4. The lowest BCUT2D eigenvalue weighted by Crippen LogP contribution is -2.38. The second-order valence-corrected chi connectivity index (χ2v) is 3.23. The average Bonchev–Trinajstić information content (AvgIpc) is 2.20. The Hall–Kier alpha value is -1.27. The molecule has 0 rings (SSSR count). The Kier molecular flexibility index (Phi) is 5.84. The van der Waals surface area contributed by atoms with Gasteiger partial charge < -0.3 is 10.1 Å². The van der Waals surface area contributed by atoms with Crippen LogP contribution in [-0.4, -0.2) is 31.2 Å². The van der Waals surface area contributed by atoms with Crippen LogP contribution in [0.5, 0.6) is 0 Å². The first-order valence-electron chi connectivity index (χ1n) is 4.80. The van der Waals surface area contributed by atoms with Crippen LogP contribution in [0.25, 0.3) is 0 Å². The fraction of sp³-hybridized carbons (Fsp3) is 0.778. The summed E-state index contributed by atoms with van der Waals surface area (Å²) in [6.07, 6.45) is -4.31. The van der Waals surface area contributed by atoms with Crippen LogP contribution in [0, 0.1) is 5.92 Å². The fourth-order valence-corrected chi connectivity index (χ4v) is 0.725. The normalized spacial score (nSPS) is 13.1. The van der Waals surface area contributed by atoms with E-state index in [-0.39, 0.29) is 19.1 Å². The molecule has 0 aromatic carbocycles. The number of esters is 1. The molecule has 16 heavy (non-hydrogen) atoms. The number of rotatable bonds is 5. The zero-order chi connectivity index (χ0) is 12.8. The summed E-state index contributed by atoms with van der Waals surface area (Å²) in [5.41, 5.74) is 0. The third-order valence-corrected chi connectivity index (χ3v) is 1.90. The van der Waals surface area contributed by atoms with E-state index in [2.05, 4.69) is 4.74 Å². The summed E-state index contributed by atoms with van der Waals surface area (Å²) in [5, 5.41) is 1.59. The van der Waals surface area contributed by atoms with Gasteiger partial charge in [0.15, 0.2) is 0 Å². The quantitative estimate of drug-likeness (QED) is 0.582. The maximum Gasteiger partial charge on any atom is 0.471 e. The van der Waals surface area contributed by atoms with Gasteiger partial charge in [-0.25, -0.2) is 0 Å². The van der Waals surface area contributed by atoms with Gasteiger partial charge in [0, 0.05) is 0 Å². The summed E-state index contributed by atoms with van der Waals surface area (Å²) in [7, 11) is 0. The standard InChI is InChI=1S/C9H14F3NO3/c1-3-6(2)7(14)16-5-4-13-8(15)9(10,11)12/h6H,3-5H2,1-2H3,(H,13,15). The van der Waals surface area contributed by atoms with Crippen LogP contribution < -0.4 is 5.32 Å². The Morgan fingerprint density at radius 1 is 1.38 bits per heavy atom. The van der Waals surface area contributed by atoms with Crippen molar-refractivity contribution in [2.45, 2.75) is 26.4 Å². The lowest BCUT2D eigenvalue weighted by molar-refractivity contribution is -0.174. The molecule has 0 saturated heterocycles. The summed E-state index contributed by atoms with van der Waals surface area (Å²) in [5.74, 6) is -2.81. The van der Waals surface area contributed by atoms with E-state index < -0.39 is 18.1 Å². The number of carbonyl (C=O) groups is 2. The molecule has 1 amide bonds. The third-order valence-electron chi connectivity index (χ3n) is 1.90. The van der Waals surface area contributed by atoms with Gasteiger partial charge in [0.2, 0.25) is 0 Å². The van der Waals surface area contributed by atoms with Crippen LogP contribution in [0.3, 0.4) is 0 Å². The predicted molar refractivity (Wildman–Crippen MR) is 49.5 cm³/mol. The molecule has 0 aliphatic carbocycles. The molecule has 0 aliphatic rings. The van der Waals surface area contributed by atoms with Gasteiger partial charge in [0.25, 0.3) is 0 Å². The summed E-state index contributed by atoms with van der Waals surface area (Å²) in [6.45, 7) is 2.83. The van der Waals surface area contributed by atoms with E-state index in [1.165, 1.54) is 0 Å². The average molecular weight is 241 g/mol. The molecular formula is C9H14F3NO3. The zero-order valence-corrected chi connectivity index (χ0v) is 9.06. The van der Waals surface area contributed by atoms with Crippen LogP contribution in [0.1, 0.15) is 20.3 Å². The number of carbonyl (C=O) groups excluding carboxylic acids is 2. The number of halogens is 3. The molecule has 0 radical (unpaired) electrons. The Morgan fingerprint density at radius 3 is 2.38 bits per heavy atom. The number of amides is 1. The van der Waals surface area contributed by atoms with Crippen LogP contribution in [-0.2, 0) is 14.3 Å². The van der Waals surface area contributed by atoms with E-state index in [1.54, 1.807) is 19.2 Å².